The zero-order valence-corrected chi connectivity index (χ0v) is 12.8. The maximum absolute atomic E-state index is 10.6. The molecule has 110 valence electrons. The normalized spacial score (nSPS) is 13.5. The fourth-order valence-electron chi connectivity index (χ4n) is 1.84. The third kappa shape index (κ3) is 3.99. The summed E-state index contributed by atoms with van der Waals surface area (Å²) in [7, 11) is 0. The first kappa shape index (κ1) is 15.4. The predicted molar refractivity (Wildman–Crippen MR) is 83.1 cm³/mol. The number of hydrogen-bond donors (Lipinski definition) is 2. The summed E-state index contributed by atoms with van der Waals surface area (Å²) in [6.45, 7) is 1.82. The molecule has 0 bridgehead atoms. The number of nitrogens with one attached hydrogen (secondary N) is 1. The molecule has 1 heterocycles. The Kier molecular flexibility index (Phi) is 4.87. The molecule has 0 spiro atoms. The Balaban J connectivity index is 2.04. The molecular weight excluding hydrogens is 338 g/mol. The Morgan fingerprint density at radius 1 is 1.29 bits per heavy atom. The molecular formula is C14H14BrN3O3. The van der Waals surface area contributed by atoms with Crippen LogP contribution in [-0.2, 0) is 0 Å². The molecule has 7 heteroatoms. The van der Waals surface area contributed by atoms with Crippen molar-refractivity contribution in [2.24, 2.45) is 0 Å². The third-order valence-electron chi connectivity index (χ3n) is 3.02. The van der Waals surface area contributed by atoms with Gasteiger partial charge in [0.1, 0.15) is 12.0 Å². The molecule has 0 radical (unpaired) electrons. The van der Waals surface area contributed by atoms with Gasteiger partial charge in [0.2, 0.25) is 0 Å². The van der Waals surface area contributed by atoms with Gasteiger partial charge in [-0.05, 0) is 30.7 Å². The summed E-state index contributed by atoms with van der Waals surface area (Å²) in [5.41, 5.74) is 0.710. The highest BCUT2D eigenvalue weighted by atomic mass is 79.9. The predicted octanol–water partition coefficient (Wildman–Crippen LogP) is 3.29. The van der Waals surface area contributed by atoms with Crippen molar-refractivity contribution in [3.63, 3.8) is 0 Å². The summed E-state index contributed by atoms with van der Waals surface area (Å²) >= 11 is 3.34. The molecule has 2 aromatic rings. The summed E-state index contributed by atoms with van der Waals surface area (Å²) < 4.78 is 0.941. The Morgan fingerprint density at radius 3 is 2.48 bits per heavy atom. The molecule has 0 aliphatic carbocycles. The van der Waals surface area contributed by atoms with Crippen molar-refractivity contribution in [2.45, 2.75) is 19.1 Å². The molecule has 0 saturated heterocycles. The molecule has 1 aromatic heterocycles. The van der Waals surface area contributed by atoms with Gasteiger partial charge in [0.15, 0.2) is 0 Å². The van der Waals surface area contributed by atoms with E-state index in [1.807, 2.05) is 31.2 Å². The maximum Gasteiger partial charge on any atom is 0.287 e. The number of aromatic nitrogens is 1. The molecule has 0 fully saturated rings. The van der Waals surface area contributed by atoms with E-state index < -0.39 is 11.0 Å². The summed E-state index contributed by atoms with van der Waals surface area (Å²) in [6, 6.07) is 9.97. The zero-order valence-electron chi connectivity index (χ0n) is 11.2. The lowest BCUT2D eigenvalue weighted by Crippen LogP contribution is -2.24. The number of pyridine rings is 1. The van der Waals surface area contributed by atoms with E-state index in [-0.39, 0.29) is 11.7 Å². The third-order valence-corrected chi connectivity index (χ3v) is 3.55. The number of hydrogen-bond acceptors (Lipinski definition) is 5. The number of halogens is 1. The molecule has 0 amide bonds. The second-order valence-electron chi connectivity index (χ2n) is 4.59. The number of nitrogens with zero attached hydrogens (tertiary/aromatic N) is 2. The van der Waals surface area contributed by atoms with Gasteiger partial charge in [-0.3, -0.25) is 10.1 Å². The van der Waals surface area contributed by atoms with E-state index >= 15 is 0 Å². The number of rotatable bonds is 5. The second kappa shape index (κ2) is 6.64. The lowest BCUT2D eigenvalue weighted by Gasteiger charge is -2.21. The smallest absolute Gasteiger partial charge is 0.287 e. The van der Waals surface area contributed by atoms with Crippen LogP contribution in [0.3, 0.4) is 0 Å². The van der Waals surface area contributed by atoms with Crippen LogP contribution in [0.2, 0.25) is 0 Å². The monoisotopic (exact) mass is 351 g/mol. The van der Waals surface area contributed by atoms with Gasteiger partial charge in [-0.1, -0.05) is 28.1 Å². The maximum atomic E-state index is 10.6. The first-order valence-corrected chi connectivity index (χ1v) is 7.07. The molecule has 0 saturated carbocycles. The van der Waals surface area contributed by atoms with E-state index in [1.54, 1.807) is 0 Å². The lowest BCUT2D eigenvalue weighted by atomic mass is 10.0. The number of benzene rings is 1. The van der Waals surface area contributed by atoms with Crippen LogP contribution in [0.1, 0.15) is 18.6 Å². The van der Waals surface area contributed by atoms with Crippen LogP contribution >= 0.6 is 15.9 Å². The molecule has 0 aliphatic rings. The van der Waals surface area contributed by atoms with Gasteiger partial charge in [0.05, 0.1) is 17.1 Å². The van der Waals surface area contributed by atoms with Gasteiger partial charge in [0, 0.05) is 10.5 Å². The summed E-state index contributed by atoms with van der Waals surface area (Å²) in [5, 5.41) is 23.9. The molecule has 2 atom stereocenters. The van der Waals surface area contributed by atoms with Gasteiger partial charge in [-0.15, -0.1) is 0 Å². The number of anilines is 1. The van der Waals surface area contributed by atoms with Crippen molar-refractivity contribution < 1.29 is 10.0 Å². The topological polar surface area (TPSA) is 88.3 Å². The average Bonchev–Trinajstić information content (AvgIpc) is 2.47. The van der Waals surface area contributed by atoms with E-state index in [0.29, 0.717) is 5.82 Å². The number of aliphatic hydroxyl groups excluding tert-OH is 1. The highest BCUT2D eigenvalue weighted by molar-refractivity contribution is 9.10. The summed E-state index contributed by atoms with van der Waals surface area (Å²) in [6.07, 6.45) is 0.469. The van der Waals surface area contributed by atoms with Crippen molar-refractivity contribution in [1.82, 2.24) is 4.98 Å². The highest BCUT2D eigenvalue weighted by Crippen LogP contribution is 2.22. The largest absolute Gasteiger partial charge is 0.386 e. The fraction of sp³-hybridized carbons (Fsp3) is 0.214. The standard InChI is InChI=1S/C14H14BrN3O3/c1-9(14(19)10-2-4-11(15)5-3-10)17-13-7-6-12(8-16-13)18(20)21/h2-9,14,19H,1H3,(H,16,17)/t9-,14+/m1/s1. The molecule has 2 rings (SSSR count). The summed E-state index contributed by atoms with van der Waals surface area (Å²) in [4.78, 5) is 14.0. The minimum Gasteiger partial charge on any atom is -0.386 e. The van der Waals surface area contributed by atoms with Crippen LogP contribution in [0.4, 0.5) is 11.5 Å². The van der Waals surface area contributed by atoms with E-state index in [4.69, 9.17) is 0 Å². The first-order valence-electron chi connectivity index (χ1n) is 6.28. The van der Waals surface area contributed by atoms with E-state index in [2.05, 4.69) is 26.2 Å². The zero-order chi connectivity index (χ0) is 15.4. The molecule has 2 N–H and O–H groups in total. The van der Waals surface area contributed by atoms with Crippen LogP contribution in [0.5, 0.6) is 0 Å². The molecule has 6 nitrogen and oxygen atoms in total. The van der Waals surface area contributed by atoms with Crippen LogP contribution in [-0.4, -0.2) is 21.1 Å². The molecule has 0 aliphatic heterocycles. The second-order valence-corrected chi connectivity index (χ2v) is 5.50. The molecule has 21 heavy (non-hydrogen) atoms. The highest BCUT2D eigenvalue weighted by Gasteiger charge is 2.17. The summed E-state index contributed by atoms with van der Waals surface area (Å²) in [5.74, 6) is 0.476. The van der Waals surface area contributed by atoms with Crippen LogP contribution in [0, 0.1) is 10.1 Å². The van der Waals surface area contributed by atoms with E-state index in [1.165, 1.54) is 18.3 Å². The Hall–Kier alpha value is -1.99. The fourth-order valence-corrected chi connectivity index (χ4v) is 2.10. The van der Waals surface area contributed by atoms with Gasteiger partial charge in [-0.25, -0.2) is 4.98 Å². The van der Waals surface area contributed by atoms with Gasteiger partial charge < -0.3 is 10.4 Å². The van der Waals surface area contributed by atoms with Crippen LogP contribution < -0.4 is 5.32 Å². The average molecular weight is 352 g/mol. The van der Waals surface area contributed by atoms with Crippen molar-refractivity contribution in [3.05, 3.63) is 62.7 Å². The molecule has 0 unspecified atom stereocenters. The first-order chi connectivity index (χ1) is 9.97. The number of nitro groups is 1. The van der Waals surface area contributed by atoms with Crippen molar-refractivity contribution in [1.29, 1.82) is 0 Å². The Bertz CT molecular complexity index is 616. The molecule has 1 aromatic carbocycles. The quantitative estimate of drug-likeness (QED) is 0.637. The Morgan fingerprint density at radius 2 is 1.95 bits per heavy atom. The number of aliphatic hydroxyl groups is 1. The van der Waals surface area contributed by atoms with Crippen LogP contribution in [0.15, 0.2) is 47.1 Å². The van der Waals surface area contributed by atoms with Gasteiger partial charge >= 0.3 is 0 Å². The Labute approximate surface area is 130 Å². The van der Waals surface area contributed by atoms with Crippen molar-refractivity contribution in [2.75, 3.05) is 5.32 Å². The van der Waals surface area contributed by atoms with Crippen molar-refractivity contribution in [3.8, 4) is 0 Å². The van der Waals surface area contributed by atoms with Gasteiger partial charge in [-0.2, -0.15) is 0 Å². The van der Waals surface area contributed by atoms with Crippen molar-refractivity contribution >= 4 is 27.4 Å². The van der Waals surface area contributed by atoms with Crippen LogP contribution in [0.25, 0.3) is 0 Å². The van der Waals surface area contributed by atoms with Gasteiger partial charge in [0.25, 0.3) is 5.69 Å². The van der Waals surface area contributed by atoms with E-state index in [0.717, 1.165) is 10.0 Å². The lowest BCUT2D eigenvalue weighted by molar-refractivity contribution is -0.385. The SMILES string of the molecule is C[C@@H](Nc1ccc([N+](=O)[O-])cn1)[C@H](O)c1ccc(Br)cc1. The minimum absolute atomic E-state index is 0.0679. The minimum atomic E-state index is -0.713. The van der Waals surface area contributed by atoms with E-state index in [9.17, 15) is 15.2 Å².